The first-order valence-electron chi connectivity index (χ1n) is 5.58. The number of nitrogen functional groups attached to an aromatic ring is 1. The van der Waals surface area contributed by atoms with Crippen LogP contribution in [0.5, 0.6) is 5.75 Å². The van der Waals surface area contributed by atoms with Crippen molar-refractivity contribution < 1.29 is 9.26 Å². The maximum atomic E-state index is 5.56. The zero-order valence-corrected chi connectivity index (χ0v) is 9.88. The van der Waals surface area contributed by atoms with Crippen LogP contribution >= 0.6 is 0 Å². The Bertz CT molecular complexity index is 704. The molecule has 1 aromatic heterocycles. The van der Waals surface area contributed by atoms with Gasteiger partial charge in [0.05, 0.1) is 7.11 Å². The molecule has 0 saturated heterocycles. The molecule has 2 aromatic carbocycles. The fourth-order valence-electron chi connectivity index (χ4n) is 2.09. The molecule has 0 aliphatic heterocycles. The lowest BCUT2D eigenvalue weighted by atomic mass is 10.0. The monoisotopic (exact) mass is 240 g/mol. The van der Waals surface area contributed by atoms with E-state index >= 15 is 0 Å². The number of ether oxygens (including phenoxy) is 1. The molecule has 0 radical (unpaired) electrons. The molecule has 0 aliphatic carbocycles. The predicted molar refractivity (Wildman–Crippen MR) is 70.4 cm³/mol. The van der Waals surface area contributed by atoms with E-state index in [1.165, 1.54) is 0 Å². The fraction of sp³-hybridized carbons (Fsp3) is 0.0714. The van der Waals surface area contributed by atoms with Crippen LogP contribution in [0.3, 0.4) is 0 Å². The quantitative estimate of drug-likeness (QED) is 0.747. The van der Waals surface area contributed by atoms with Crippen molar-refractivity contribution in [1.82, 2.24) is 5.16 Å². The SMILES string of the molecule is COc1ccc(-c2cc(N)on2)c2ccccc12. The normalized spacial score (nSPS) is 10.7. The summed E-state index contributed by atoms with van der Waals surface area (Å²) in [5, 5.41) is 6.05. The van der Waals surface area contributed by atoms with Gasteiger partial charge in [0.2, 0.25) is 5.88 Å². The minimum absolute atomic E-state index is 0.310. The van der Waals surface area contributed by atoms with E-state index in [4.69, 9.17) is 15.0 Å². The molecule has 0 fully saturated rings. The molecule has 0 aliphatic rings. The average Bonchev–Trinajstić information content (AvgIpc) is 2.84. The molecule has 0 unspecified atom stereocenters. The highest BCUT2D eigenvalue weighted by Gasteiger charge is 2.10. The van der Waals surface area contributed by atoms with Gasteiger partial charge in [0.15, 0.2) is 0 Å². The van der Waals surface area contributed by atoms with Crippen LogP contribution in [0.25, 0.3) is 22.0 Å². The van der Waals surface area contributed by atoms with Crippen molar-refractivity contribution in [3.63, 3.8) is 0 Å². The number of hydrogen-bond acceptors (Lipinski definition) is 4. The topological polar surface area (TPSA) is 61.3 Å². The van der Waals surface area contributed by atoms with Crippen LogP contribution in [0.1, 0.15) is 0 Å². The van der Waals surface area contributed by atoms with Crippen LogP contribution in [0.2, 0.25) is 0 Å². The molecule has 0 atom stereocenters. The molecule has 18 heavy (non-hydrogen) atoms. The van der Waals surface area contributed by atoms with Gasteiger partial charge in [-0.25, -0.2) is 0 Å². The first-order chi connectivity index (χ1) is 8.79. The van der Waals surface area contributed by atoms with Crippen LogP contribution in [0.4, 0.5) is 5.88 Å². The van der Waals surface area contributed by atoms with Crippen molar-refractivity contribution in [3.8, 4) is 17.0 Å². The van der Waals surface area contributed by atoms with Crippen molar-refractivity contribution in [2.75, 3.05) is 12.8 Å². The Kier molecular flexibility index (Phi) is 2.41. The van der Waals surface area contributed by atoms with Gasteiger partial charge in [-0.2, -0.15) is 0 Å². The zero-order chi connectivity index (χ0) is 12.5. The number of rotatable bonds is 2. The van der Waals surface area contributed by atoms with Gasteiger partial charge in [0, 0.05) is 17.0 Å². The van der Waals surface area contributed by atoms with E-state index in [9.17, 15) is 0 Å². The van der Waals surface area contributed by atoms with Gasteiger partial charge in [0.1, 0.15) is 11.4 Å². The van der Waals surface area contributed by atoms with Crippen LogP contribution in [0.15, 0.2) is 47.0 Å². The van der Waals surface area contributed by atoms with Crippen LogP contribution < -0.4 is 10.5 Å². The molecule has 4 heteroatoms. The van der Waals surface area contributed by atoms with Gasteiger partial charge >= 0.3 is 0 Å². The number of nitrogens with two attached hydrogens (primary N) is 1. The second-order valence-corrected chi connectivity index (χ2v) is 3.98. The number of aromatic nitrogens is 1. The first-order valence-corrected chi connectivity index (χ1v) is 5.58. The third-order valence-electron chi connectivity index (χ3n) is 2.91. The van der Waals surface area contributed by atoms with Crippen LogP contribution in [-0.4, -0.2) is 12.3 Å². The van der Waals surface area contributed by atoms with E-state index in [0.717, 1.165) is 27.8 Å². The smallest absolute Gasteiger partial charge is 0.222 e. The Morgan fingerprint density at radius 1 is 1.11 bits per heavy atom. The summed E-state index contributed by atoms with van der Waals surface area (Å²) in [4.78, 5) is 0. The molecule has 0 spiro atoms. The molecular weight excluding hydrogens is 228 g/mol. The summed E-state index contributed by atoms with van der Waals surface area (Å²) < 4.78 is 10.3. The molecule has 0 saturated carbocycles. The van der Waals surface area contributed by atoms with Gasteiger partial charge in [-0.15, -0.1) is 0 Å². The lowest BCUT2D eigenvalue weighted by Crippen LogP contribution is -1.87. The maximum absolute atomic E-state index is 5.56. The molecule has 0 amide bonds. The van der Waals surface area contributed by atoms with Crippen molar-refractivity contribution >= 4 is 16.7 Å². The van der Waals surface area contributed by atoms with Gasteiger partial charge in [-0.3, -0.25) is 0 Å². The summed E-state index contributed by atoms with van der Waals surface area (Å²) in [6.45, 7) is 0. The Labute approximate surface area is 104 Å². The van der Waals surface area contributed by atoms with Crippen LogP contribution in [-0.2, 0) is 0 Å². The molecule has 0 bridgehead atoms. The Hall–Kier alpha value is -2.49. The lowest BCUT2D eigenvalue weighted by molar-refractivity contribution is 0.420. The Morgan fingerprint density at radius 3 is 2.56 bits per heavy atom. The van der Waals surface area contributed by atoms with Gasteiger partial charge in [0.25, 0.3) is 0 Å². The standard InChI is InChI=1S/C14H12N2O2/c1-17-13-7-6-10(12-8-14(15)18-16-12)9-4-2-3-5-11(9)13/h2-8H,15H2,1H3. The first kappa shape index (κ1) is 10.7. The summed E-state index contributed by atoms with van der Waals surface area (Å²) in [5.74, 6) is 1.15. The minimum Gasteiger partial charge on any atom is -0.496 e. The third-order valence-corrected chi connectivity index (χ3v) is 2.91. The highest BCUT2D eigenvalue weighted by molar-refractivity contribution is 5.99. The summed E-state index contributed by atoms with van der Waals surface area (Å²) in [5.41, 5.74) is 7.27. The molecule has 4 nitrogen and oxygen atoms in total. The van der Waals surface area contributed by atoms with Gasteiger partial charge in [-0.05, 0) is 17.5 Å². The van der Waals surface area contributed by atoms with E-state index in [1.807, 2.05) is 36.4 Å². The molecular formula is C14H12N2O2. The average molecular weight is 240 g/mol. The second-order valence-electron chi connectivity index (χ2n) is 3.98. The second kappa shape index (κ2) is 4.07. The highest BCUT2D eigenvalue weighted by Crippen LogP contribution is 2.34. The fourth-order valence-corrected chi connectivity index (χ4v) is 2.09. The predicted octanol–water partition coefficient (Wildman–Crippen LogP) is 3.09. The summed E-state index contributed by atoms with van der Waals surface area (Å²) in [6.07, 6.45) is 0. The summed E-state index contributed by atoms with van der Waals surface area (Å²) in [6, 6.07) is 13.6. The Balaban J connectivity index is 2.31. The van der Waals surface area contributed by atoms with E-state index in [1.54, 1.807) is 13.2 Å². The molecule has 3 rings (SSSR count). The van der Waals surface area contributed by atoms with Crippen molar-refractivity contribution in [2.45, 2.75) is 0 Å². The van der Waals surface area contributed by atoms with Crippen molar-refractivity contribution in [2.24, 2.45) is 0 Å². The van der Waals surface area contributed by atoms with E-state index in [-0.39, 0.29) is 0 Å². The van der Waals surface area contributed by atoms with Crippen LogP contribution in [0, 0.1) is 0 Å². The van der Waals surface area contributed by atoms with E-state index in [2.05, 4.69) is 5.16 Å². The van der Waals surface area contributed by atoms with Crippen molar-refractivity contribution in [1.29, 1.82) is 0 Å². The largest absolute Gasteiger partial charge is 0.496 e. The minimum atomic E-state index is 0.310. The maximum Gasteiger partial charge on any atom is 0.222 e. The molecule has 1 heterocycles. The van der Waals surface area contributed by atoms with E-state index in [0.29, 0.717) is 5.88 Å². The number of fused-ring (bicyclic) bond motifs is 1. The Morgan fingerprint density at radius 2 is 1.89 bits per heavy atom. The lowest BCUT2D eigenvalue weighted by Gasteiger charge is -2.08. The third kappa shape index (κ3) is 1.59. The van der Waals surface area contributed by atoms with Gasteiger partial charge in [-0.1, -0.05) is 29.4 Å². The molecule has 90 valence electrons. The number of benzene rings is 2. The van der Waals surface area contributed by atoms with Crippen molar-refractivity contribution in [3.05, 3.63) is 42.5 Å². The molecule has 2 N–H and O–H groups in total. The molecule has 3 aromatic rings. The summed E-state index contributed by atoms with van der Waals surface area (Å²) in [7, 11) is 1.66. The highest BCUT2D eigenvalue weighted by atomic mass is 16.5. The number of hydrogen-bond donors (Lipinski definition) is 1. The number of methoxy groups -OCH3 is 1. The summed E-state index contributed by atoms with van der Waals surface area (Å²) >= 11 is 0. The van der Waals surface area contributed by atoms with E-state index < -0.39 is 0 Å². The number of nitrogens with zero attached hydrogens (tertiary/aromatic N) is 1. The number of anilines is 1. The van der Waals surface area contributed by atoms with Gasteiger partial charge < -0.3 is 15.0 Å². The zero-order valence-electron chi connectivity index (χ0n) is 9.88.